The molecule has 0 aliphatic carbocycles. The number of carbonyl (C=O) groups excluding carboxylic acids is 1. The lowest BCUT2D eigenvalue weighted by molar-refractivity contribution is -0.130. The highest BCUT2D eigenvalue weighted by atomic mass is 35.5. The Morgan fingerprint density at radius 2 is 2.09 bits per heavy atom. The van der Waals surface area contributed by atoms with E-state index in [4.69, 9.17) is 11.6 Å². The second-order valence-electron chi connectivity index (χ2n) is 6.18. The van der Waals surface area contributed by atoms with Gasteiger partial charge in [0.15, 0.2) is 11.0 Å². The third kappa shape index (κ3) is 3.08. The van der Waals surface area contributed by atoms with Gasteiger partial charge in [0.05, 0.1) is 11.9 Å². The van der Waals surface area contributed by atoms with Crippen molar-refractivity contribution >= 4 is 17.5 Å². The van der Waals surface area contributed by atoms with Crippen LogP contribution in [0.2, 0.25) is 5.15 Å². The number of rotatable bonds is 2. The molecule has 7 heteroatoms. The molecule has 2 aromatic heterocycles. The third-order valence-corrected chi connectivity index (χ3v) is 4.82. The molecule has 1 N–H and O–H groups in total. The van der Waals surface area contributed by atoms with Crippen molar-refractivity contribution in [3.8, 4) is 11.5 Å². The molecule has 0 spiro atoms. The summed E-state index contributed by atoms with van der Waals surface area (Å²) in [6.45, 7) is 5.10. The van der Waals surface area contributed by atoms with Crippen LogP contribution >= 0.6 is 11.6 Å². The molecule has 1 fully saturated rings. The smallest absolute Gasteiger partial charge is 0.219 e. The van der Waals surface area contributed by atoms with Crippen LogP contribution in [0.1, 0.15) is 32.4 Å². The molecule has 1 saturated heterocycles. The Labute approximate surface area is 138 Å². The first-order valence-corrected chi connectivity index (χ1v) is 7.90. The van der Waals surface area contributed by atoms with E-state index in [1.54, 1.807) is 13.0 Å². The molecule has 0 bridgehead atoms. The molecule has 0 aromatic carbocycles. The van der Waals surface area contributed by atoms with E-state index in [-0.39, 0.29) is 11.3 Å². The molecule has 0 saturated carbocycles. The fourth-order valence-electron chi connectivity index (χ4n) is 2.95. The largest absolute Gasteiger partial charge is 0.343 e. The van der Waals surface area contributed by atoms with E-state index in [9.17, 15) is 9.18 Å². The molecule has 2 aromatic rings. The Morgan fingerprint density at radius 1 is 1.39 bits per heavy atom. The second-order valence-corrected chi connectivity index (χ2v) is 6.54. The minimum absolute atomic E-state index is 0.0963. The number of nitrogens with zero attached hydrogens (tertiary/aromatic N) is 3. The van der Waals surface area contributed by atoms with Crippen molar-refractivity contribution in [1.82, 2.24) is 19.9 Å². The topological polar surface area (TPSA) is 61.9 Å². The molecule has 0 radical (unpaired) electrons. The molecule has 1 aliphatic rings. The van der Waals surface area contributed by atoms with E-state index in [0.29, 0.717) is 29.8 Å². The van der Waals surface area contributed by atoms with Crippen LogP contribution < -0.4 is 0 Å². The zero-order valence-electron chi connectivity index (χ0n) is 13.1. The lowest BCUT2D eigenvalue weighted by atomic mass is 9.78. The van der Waals surface area contributed by atoms with Crippen molar-refractivity contribution in [2.75, 3.05) is 13.1 Å². The molecule has 122 valence electrons. The molecule has 0 atom stereocenters. The van der Waals surface area contributed by atoms with Gasteiger partial charge in [0.25, 0.3) is 0 Å². The van der Waals surface area contributed by atoms with Gasteiger partial charge in [-0.25, -0.2) is 14.4 Å². The first-order chi connectivity index (χ1) is 10.9. The summed E-state index contributed by atoms with van der Waals surface area (Å²) < 4.78 is 13.0. The summed E-state index contributed by atoms with van der Waals surface area (Å²) in [7, 11) is 0. The normalized spacial score (nSPS) is 17.3. The molecule has 0 unspecified atom stereocenters. The predicted octanol–water partition coefficient (Wildman–Crippen LogP) is 3.16. The van der Waals surface area contributed by atoms with Gasteiger partial charge in [0, 0.05) is 25.4 Å². The molecule has 23 heavy (non-hydrogen) atoms. The monoisotopic (exact) mass is 336 g/mol. The SMILES string of the molecule is CC(=O)N1CCC(C)(c2[nH]c(-c3ccc(F)cn3)nc2Cl)CC1. The molecular weight excluding hydrogens is 319 g/mol. The standard InChI is InChI=1S/C16H18ClFN4O/c1-10(23)22-7-5-16(2,6-8-22)13-14(17)21-15(20-13)12-4-3-11(18)9-19-12/h3-4,9H,5-8H2,1-2H3,(H,20,21). The van der Waals surface area contributed by atoms with E-state index in [2.05, 4.69) is 21.9 Å². The van der Waals surface area contributed by atoms with Crippen molar-refractivity contribution in [3.63, 3.8) is 0 Å². The molecule has 1 aliphatic heterocycles. The average molecular weight is 337 g/mol. The van der Waals surface area contributed by atoms with E-state index in [1.165, 1.54) is 6.07 Å². The summed E-state index contributed by atoms with van der Waals surface area (Å²) in [6, 6.07) is 2.90. The summed E-state index contributed by atoms with van der Waals surface area (Å²) >= 11 is 6.32. The zero-order valence-corrected chi connectivity index (χ0v) is 13.8. The number of piperidine rings is 1. The fraction of sp³-hybridized carbons (Fsp3) is 0.438. The number of carbonyl (C=O) groups is 1. The number of hydrogen-bond donors (Lipinski definition) is 1. The second kappa shape index (κ2) is 5.92. The van der Waals surface area contributed by atoms with Gasteiger partial charge in [0.2, 0.25) is 5.91 Å². The first-order valence-electron chi connectivity index (χ1n) is 7.52. The van der Waals surface area contributed by atoms with Crippen LogP contribution in [-0.4, -0.2) is 38.8 Å². The van der Waals surface area contributed by atoms with Gasteiger partial charge in [-0.3, -0.25) is 4.79 Å². The van der Waals surface area contributed by atoms with Crippen LogP contribution in [0, 0.1) is 5.82 Å². The van der Waals surface area contributed by atoms with Gasteiger partial charge in [-0.1, -0.05) is 18.5 Å². The number of hydrogen-bond acceptors (Lipinski definition) is 3. The quantitative estimate of drug-likeness (QED) is 0.916. The summed E-state index contributed by atoms with van der Waals surface area (Å²) in [6.07, 6.45) is 2.77. The Balaban J connectivity index is 1.86. The maximum Gasteiger partial charge on any atom is 0.219 e. The lowest BCUT2D eigenvalue weighted by Gasteiger charge is -2.38. The third-order valence-electron chi connectivity index (χ3n) is 4.55. The first kappa shape index (κ1) is 15.9. The van der Waals surface area contributed by atoms with E-state index in [0.717, 1.165) is 24.7 Å². The molecule has 1 amide bonds. The van der Waals surface area contributed by atoms with Crippen molar-refractivity contribution in [3.05, 3.63) is 35.0 Å². The molecular formula is C16H18ClFN4O. The van der Waals surface area contributed by atoms with Crippen LogP contribution in [0.3, 0.4) is 0 Å². The highest BCUT2D eigenvalue weighted by molar-refractivity contribution is 6.30. The predicted molar refractivity (Wildman–Crippen MR) is 85.6 cm³/mol. The number of amides is 1. The number of aromatic nitrogens is 3. The lowest BCUT2D eigenvalue weighted by Crippen LogP contribution is -2.43. The van der Waals surface area contributed by atoms with Crippen LogP contribution in [-0.2, 0) is 10.2 Å². The Kier molecular flexibility index (Phi) is 4.10. The van der Waals surface area contributed by atoms with Crippen molar-refractivity contribution in [2.45, 2.75) is 32.1 Å². The summed E-state index contributed by atoms with van der Waals surface area (Å²) in [5.74, 6) is 0.231. The van der Waals surface area contributed by atoms with Gasteiger partial charge in [-0.2, -0.15) is 0 Å². The maximum atomic E-state index is 13.0. The van der Waals surface area contributed by atoms with Crippen molar-refractivity contribution in [2.24, 2.45) is 0 Å². The molecule has 5 nitrogen and oxygen atoms in total. The number of nitrogens with one attached hydrogen (secondary N) is 1. The Morgan fingerprint density at radius 3 is 2.65 bits per heavy atom. The number of likely N-dealkylation sites (tertiary alicyclic amines) is 1. The van der Waals surface area contributed by atoms with Crippen LogP contribution in [0.4, 0.5) is 4.39 Å². The number of H-pyrrole nitrogens is 1. The van der Waals surface area contributed by atoms with Crippen LogP contribution in [0.25, 0.3) is 11.5 Å². The van der Waals surface area contributed by atoms with Gasteiger partial charge in [0.1, 0.15) is 11.5 Å². The van der Waals surface area contributed by atoms with E-state index in [1.807, 2.05) is 4.90 Å². The zero-order chi connectivity index (χ0) is 16.6. The minimum atomic E-state index is -0.393. The minimum Gasteiger partial charge on any atom is -0.343 e. The number of aromatic amines is 1. The Bertz CT molecular complexity index is 720. The van der Waals surface area contributed by atoms with Gasteiger partial charge in [-0.15, -0.1) is 0 Å². The average Bonchev–Trinajstić information content (AvgIpc) is 2.91. The Hall–Kier alpha value is -1.95. The summed E-state index contributed by atoms with van der Waals surface area (Å²) in [4.78, 5) is 24.9. The van der Waals surface area contributed by atoms with Gasteiger partial charge < -0.3 is 9.88 Å². The highest BCUT2D eigenvalue weighted by Crippen LogP contribution is 2.38. The van der Waals surface area contributed by atoms with E-state index >= 15 is 0 Å². The number of imidazole rings is 1. The van der Waals surface area contributed by atoms with Gasteiger partial charge in [-0.05, 0) is 25.0 Å². The van der Waals surface area contributed by atoms with Crippen LogP contribution in [0.15, 0.2) is 18.3 Å². The fourth-order valence-corrected chi connectivity index (χ4v) is 3.31. The molecule has 3 heterocycles. The maximum absolute atomic E-state index is 13.0. The van der Waals surface area contributed by atoms with Crippen molar-refractivity contribution in [1.29, 1.82) is 0 Å². The van der Waals surface area contributed by atoms with Gasteiger partial charge >= 0.3 is 0 Å². The summed E-state index contributed by atoms with van der Waals surface area (Å²) in [5, 5.41) is 0.407. The summed E-state index contributed by atoms with van der Waals surface area (Å²) in [5.41, 5.74) is 1.22. The van der Waals surface area contributed by atoms with Crippen LogP contribution in [0.5, 0.6) is 0 Å². The number of halogens is 2. The van der Waals surface area contributed by atoms with E-state index < -0.39 is 5.82 Å². The van der Waals surface area contributed by atoms with Crippen molar-refractivity contribution < 1.29 is 9.18 Å². The number of pyridine rings is 1. The highest BCUT2D eigenvalue weighted by Gasteiger charge is 2.36. The molecule has 3 rings (SSSR count).